The largest absolute Gasteiger partial charge is 0.481 e. The summed E-state index contributed by atoms with van der Waals surface area (Å²) < 4.78 is 13.6. The van der Waals surface area contributed by atoms with E-state index in [2.05, 4.69) is 0 Å². The van der Waals surface area contributed by atoms with Gasteiger partial charge in [-0.15, -0.1) is 0 Å². The smallest absolute Gasteiger partial charge is 0.310 e. The molecule has 1 aliphatic carbocycles. The Morgan fingerprint density at radius 3 is 2.52 bits per heavy atom. The average molecular weight is 419 g/mol. The molecule has 0 aliphatic heterocycles. The molecule has 1 aliphatic rings. The van der Waals surface area contributed by atoms with Gasteiger partial charge in [-0.25, -0.2) is 4.39 Å². The highest BCUT2D eigenvalue weighted by atomic mass is 19.1. The lowest BCUT2D eigenvalue weighted by molar-refractivity contribution is -0.140. The molecule has 2 N–H and O–H groups in total. The van der Waals surface area contributed by atoms with Crippen LogP contribution in [0.5, 0.6) is 0 Å². The monoisotopic (exact) mass is 419 g/mol. The van der Waals surface area contributed by atoms with Crippen LogP contribution in [0.4, 0.5) is 4.39 Å². The van der Waals surface area contributed by atoms with E-state index in [0.29, 0.717) is 5.92 Å². The first-order valence-electron chi connectivity index (χ1n) is 10.2. The van der Waals surface area contributed by atoms with Crippen LogP contribution in [0.1, 0.15) is 42.9 Å². The summed E-state index contributed by atoms with van der Waals surface area (Å²) in [4.78, 5) is 27.3. The summed E-state index contributed by atoms with van der Waals surface area (Å²) in [7, 11) is 0. The van der Waals surface area contributed by atoms with Crippen LogP contribution in [0.3, 0.4) is 0 Å². The first kappa shape index (κ1) is 20.9. The van der Waals surface area contributed by atoms with Crippen molar-refractivity contribution in [2.45, 2.75) is 37.7 Å². The Balaban J connectivity index is 1.80. The predicted octanol–water partition coefficient (Wildman–Crippen LogP) is 4.73. The van der Waals surface area contributed by atoms with Gasteiger partial charge in [0.15, 0.2) is 0 Å². The van der Waals surface area contributed by atoms with E-state index >= 15 is 0 Å². The van der Waals surface area contributed by atoms with E-state index in [4.69, 9.17) is 10.1 Å². The van der Waals surface area contributed by atoms with E-state index in [-0.39, 0.29) is 12.2 Å². The second-order valence-corrected chi connectivity index (χ2v) is 7.82. The van der Waals surface area contributed by atoms with Crippen molar-refractivity contribution in [1.29, 1.82) is 0 Å². The van der Waals surface area contributed by atoms with Gasteiger partial charge in [-0.3, -0.25) is 14.6 Å². The van der Waals surface area contributed by atoms with E-state index in [1.165, 1.54) is 18.2 Å². The summed E-state index contributed by atoms with van der Waals surface area (Å²) in [6, 6.07) is 14.0. The van der Waals surface area contributed by atoms with Gasteiger partial charge in [0.05, 0.1) is 17.3 Å². The number of hydrogen-bond donors (Lipinski definition) is 2. The third kappa shape index (κ3) is 4.86. The minimum absolute atomic E-state index is 0.269. The van der Waals surface area contributed by atoms with Gasteiger partial charge in [0.2, 0.25) is 0 Å². The van der Waals surface area contributed by atoms with Crippen LogP contribution in [-0.2, 0) is 9.59 Å². The molecule has 0 amide bonds. The number of rotatable bonds is 8. The van der Waals surface area contributed by atoms with Crippen LogP contribution in [0.25, 0.3) is 28.1 Å². The zero-order valence-electron chi connectivity index (χ0n) is 16.8. The molecule has 1 fully saturated rings. The summed E-state index contributed by atoms with van der Waals surface area (Å²) in [6.07, 6.45) is 3.31. The summed E-state index contributed by atoms with van der Waals surface area (Å²) >= 11 is 0. The number of nitrogens with zero attached hydrogens (tertiary/aromatic N) is 1. The molecule has 4 rings (SSSR count). The third-order valence-electron chi connectivity index (χ3n) is 5.33. The third-order valence-corrected chi connectivity index (χ3v) is 5.33. The molecular formula is C25H22FNO4. The van der Waals surface area contributed by atoms with Crippen molar-refractivity contribution in [2.24, 2.45) is 0 Å². The number of carbonyl (C=O) groups is 2. The molecule has 1 aromatic heterocycles. The minimum Gasteiger partial charge on any atom is -0.481 e. The second kappa shape index (κ2) is 8.78. The fourth-order valence-corrected chi connectivity index (χ4v) is 3.76. The highest BCUT2D eigenvalue weighted by molar-refractivity contribution is 5.99. The van der Waals surface area contributed by atoms with Gasteiger partial charge in [0, 0.05) is 28.9 Å². The first-order chi connectivity index (χ1) is 14.9. The summed E-state index contributed by atoms with van der Waals surface area (Å²) in [5, 5.41) is 19.9. The Labute approximate surface area is 178 Å². The highest BCUT2D eigenvalue weighted by Crippen LogP contribution is 2.45. The van der Waals surface area contributed by atoms with Crippen molar-refractivity contribution in [3.05, 3.63) is 71.7 Å². The molecule has 1 atom stereocenters. The maximum Gasteiger partial charge on any atom is 0.310 e. The summed E-state index contributed by atoms with van der Waals surface area (Å²) in [5.74, 6) is -1.76. The normalized spacial score (nSPS) is 14.8. The standard InChI is InChI=1S/C25H22FNO4/c26-17-9-7-15(8-10-17)24-20-3-1-2-4-22(20)27-25(16-5-6-16)21(24)12-11-18(28)13-19(29)14-23(30)31/h1-4,7-12,16,18,28H,5-6,13-14H2,(H,30,31)/b12-11+. The van der Waals surface area contributed by atoms with Crippen molar-refractivity contribution >= 4 is 28.7 Å². The average Bonchev–Trinajstić information content (AvgIpc) is 3.56. The number of halogens is 1. The molecule has 0 saturated heterocycles. The van der Waals surface area contributed by atoms with Crippen molar-refractivity contribution < 1.29 is 24.2 Å². The number of aliphatic carboxylic acids is 1. The molecule has 0 bridgehead atoms. The fourth-order valence-electron chi connectivity index (χ4n) is 3.76. The van der Waals surface area contributed by atoms with E-state index < -0.39 is 24.3 Å². The number of ketones is 1. The van der Waals surface area contributed by atoms with Gasteiger partial charge in [-0.05, 0) is 36.6 Å². The molecule has 0 spiro atoms. The number of Topliss-reactive ketones (excluding diaryl/α,β-unsaturated/α-hetero) is 1. The summed E-state index contributed by atoms with van der Waals surface area (Å²) in [5.41, 5.74) is 4.32. The lowest BCUT2D eigenvalue weighted by Gasteiger charge is -2.16. The van der Waals surface area contributed by atoms with Crippen molar-refractivity contribution in [1.82, 2.24) is 4.98 Å². The molecule has 5 nitrogen and oxygen atoms in total. The number of para-hydroxylation sites is 1. The van der Waals surface area contributed by atoms with E-state index in [9.17, 15) is 19.1 Å². The lowest BCUT2D eigenvalue weighted by atomic mass is 9.92. The number of aromatic nitrogens is 1. The number of fused-ring (bicyclic) bond motifs is 1. The predicted molar refractivity (Wildman–Crippen MR) is 116 cm³/mol. The SMILES string of the molecule is O=C(O)CC(=O)CC(O)/C=C/c1c(C2CC2)nc2ccccc2c1-c1ccc(F)cc1. The van der Waals surface area contributed by atoms with E-state index in [1.54, 1.807) is 18.2 Å². The van der Waals surface area contributed by atoms with Crippen LogP contribution < -0.4 is 0 Å². The van der Waals surface area contributed by atoms with Gasteiger partial charge in [-0.2, -0.15) is 0 Å². The molecule has 1 unspecified atom stereocenters. The number of hydrogen-bond acceptors (Lipinski definition) is 4. The molecule has 158 valence electrons. The number of pyridine rings is 1. The molecule has 1 saturated carbocycles. The maximum absolute atomic E-state index is 13.6. The van der Waals surface area contributed by atoms with Crippen LogP contribution in [-0.4, -0.2) is 33.1 Å². The molecule has 6 heteroatoms. The molecule has 3 aromatic rings. The van der Waals surface area contributed by atoms with Crippen LogP contribution in [0, 0.1) is 5.82 Å². The Hall–Kier alpha value is -3.38. The molecular weight excluding hydrogens is 397 g/mol. The Morgan fingerprint density at radius 2 is 1.84 bits per heavy atom. The molecule has 2 aromatic carbocycles. The van der Waals surface area contributed by atoms with Gasteiger partial charge in [0.1, 0.15) is 18.0 Å². The number of aliphatic hydroxyl groups excluding tert-OH is 1. The number of aliphatic hydroxyl groups is 1. The van der Waals surface area contributed by atoms with Gasteiger partial charge >= 0.3 is 5.97 Å². The second-order valence-electron chi connectivity index (χ2n) is 7.82. The van der Waals surface area contributed by atoms with Crippen LogP contribution in [0.2, 0.25) is 0 Å². The van der Waals surface area contributed by atoms with Crippen molar-refractivity contribution in [3.8, 4) is 11.1 Å². The Morgan fingerprint density at radius 1 is 1.13 bits per heavy atom. The van der Waals surface area contributed by atoms with Gasteiger partial charge < -0.3 is 10.2 Å². The Kier molecular flexibility index (Phi) is 5.91. The topological polar surface area (TPSA) is 87.5 Å². The lowest BCUT2D eigenvalue weighted by Crippen LogP contribution is -2.14. The zero-order chi connectivity index (χ0) is 22.0. The number of carbonyl (C=O) groups excluding carboxylic acids is 1. The van der Waals surface area contributed by atoms with E-state index in [0.717, 1.165) is 46.1 Å². The quantitative estimate of drug-likeness (QED) is 0.516. The number of carboxylic acids is 1. The molecule has 1 heterocycles. The highest BCUT2D eigenvalue weighted by Gasteiger charge is 2.29. The number of benzene rings is 2. The maximum atomic E-state index is 13.6. The van der Waals surface area contributed by atoms with Crippen molar-refractivity contribution in [3.63, 3.8) is 0 Å². The number of carboxylic acid groups (broad SMARTS) is 1. The molecule has 31 heavy (non-hydrogen) atoms. The van der Waals surface area contributed by atoms with E-state index in [1.807, 2.05) is 24.3 Å². The van der Waals surface area contributed by atoms with Gasteiger partial charge in [0.25, 0.3) is 0 Å². The molecule has 0 radical (unpaired) electrons. The Bertz CT molecular complexity index is 1170. The van der Waals surface area contributed by atoms with Crippen LogP contribution >= 0.6 is 0 Å². The van der Waals surface area contributed by atoms with Gasteiger partial charge in [-0.1, -0.05) is 42.5 Å². The van der Waals surface area contributed by atoms with Crippen molar-refractivity contribution in [2.75, 3.05) is 0 Å². The summed E-state index contributed by atoms with van der Waals surface area (Å²) in [6.45, 7) is 0. The zero-order valence-corrected chi connectivity index (χ0v) is 16.8. The fraction of sp³-hybridized carbons (Fsp3) is 0.240. The minimum atomic E-state index is -1.21. The van der Waals surface area contributed by atoms with Crippen LogP contribution in [0.15, 0.2) is 54.6 Å². The first-order valence-corrected chi connectivity index (χ1v) is 10.2.